The lowest BCUT2D eigenvalue weighted by Crippen LogP contribution is -2.26. The van der Waals surface area contributed by atoms with Gasteiger partial charge in [0.15, 0.2) is 0 Å². The van der Waals surface area contributed by atoms with Gasteiger partial charge >= 0.3 is 12.1 Å². The van der Waals surface area contributed by atoms with Gasteiger partial charge in [-0.05, 0) is 5.56 Å². The average molecular weight is 285 g/mol. The third kappa shape index (κ3) is 3.30. The molecule has 0 spiro atoms. The summed E-state index contributed by atoms with van der Waals surface area (Å²) in [6.07, 6.45) is -8.93. The summed E-state index contributed by atoms with van der Waals surface area (Å²) in [7, 11) is 0.959. The SMILES string of the molecule is COC(=O)Cc1c[nH]c(=O)c(C(F)(F)F)c1C(F)F. The van der Waals surface area contributed by atoms with Crippen molar-refractivity contribution >= 4 is 5.97 Å². The first-order valence-electron chi connectivity index (χ1n) is 4.85. The summed E-state index contributed by atoms with van der Waals surface area (Å²) in [5.41, 5.74) is -5.81. The van der Waals surface area contributed by atoms with Crippen molar-refractivity contribution in [3.05, 3.63) is 33.2 Å². The molecule has 0 aliphatic heterocycles. The molecule has 0 saturated heterocycles. The van der Waals surface area contributed by atoms with E-state index in [1.165, 1.54) is 0 Å². The highest BCUT2D eigenvalue weighted by Gasteiger charge is 2.40. The number of ether oxygens (including phenoxy) is 1. The van der Waals surface area contributed by atoms with Gasteiger partial charge in [-0.2, -0.15) is 13.2 Å². The topological polar surface area (TPSA) is 59.2 Å². The maximum atomic E-state index is 12.7. The van der Waals surface area contributed by atoms with Gasteiger partial charge in [0.25, 0.3) is 12.0 Å². The van der Waals surface area contributed by atoms with E-state index in [0.29, 0.717) is 6.20 Å². The average Bonchev–Trinajstić information content (AvgIpc) is 2.28. The minimum atomic E-state index is -5.24. The van der Waals surface area contributed by atoms with Crippen LogP contribution in [0.5, 0.6) is 0 Å². The molecule has 106 valence electrons. The summed E-state index contributed by atoms with van der Waals surface area (Å²) in [4.78, 5) is 23.7. The van der Waals surface area contributed by atoms with Crippen molar-refractivity contribution in [1.29, 1.82) is 0 Å². The van der Waals surface area contributed by atoms with Crippen molar-refractivity contribution in [1.82, 2.24) is 4.98 Å². The standard InChI is InChI=1S/C10H8F5NO3/c1-19-5(17)2-4-3-16-9(18)7(10(13,14)15)6(4)8(11)12/h3,8H,2H2,1H3,(H,16,18). The monoisotopic (exact) mass is 285 g/mol. The molecule has 4 nitrogen and oxygen atoms in total. The normalized spacial score (nSPS) is 11.7. The second kappa shape index (κ2) is 5.37. The number of carbonyl (C=O) groups is 1. The number of pyridine rings is 1. The predicted octanol–water partition coefficient (Wildman–Crippen LogP) is 2.05. The molecule has 1 N–H and O–H groups in total. The zero-order chi connectivity index (χ0) is 14.8. The Balaban J connectivity index is 3.50. The van der Waals surface area contributed by atoms with Gasteiger partial charge in [-0.3, -0.25) is 9.59 Å². The molecule has 0 saturated carbocycles. The van der Waals surface area contributed by atoms with Gasteiger partial charge in [0.2, 0.25) is 0 Å². The van der Waals surface area contributed by atoms with Crippen molar-refractivity contribution in [2.24, 2.45) is 0 Å². The van der Waals surface area contributed by atoms with Crippen LogP contribution >= 0.6 is 0 Å². The second-order valence-corrected chi connectivity index (χ2v) is 3.48. The molecule has 0 bridgehead atoms. The lowest BCUT2D eigenvalue weighted by Gasteiger charge is -2.14. The highest BCUT2D eigenvalue weighted by atomic mass is 19.4. The second-order valence-electron chi connectivity index (χ2n) is 3.48. The van der Waals surface area contributed by atoms with E-state index in [1.807, 2.05) is 0 Å². The number of carbonyl (C=O) groups excluding carboxylic acids is 1. The maximum Gasteiger partial charge on any atom is 0.422 e. The molecule has 0 aliphatic carbocycles. The van der Waals surface area contributed by atoms with Crippen molar-refractivity contribution in [3.63, 3.8) is 0 Å². The van der Waals surface area contributed by atoms with Crippen LogP contribution in [-0.4, -0.2) is 18.1 Å². The third-order valence-electron chi connectivity index (χ3n) is 2.28. The van der Waals surface area contributed by atoms with Crippen LogP contribution < -0.4 is 5.56 Å². The minimum Gasteiger partial charge on any atom is -0.469 e. The van der Waals surface area contributed by atoms with Gasteiger partial charge in [-0.25, -0.2) is 8.78 Å². The summed E-state index contributed by atoms with van der Waals surface area (Å²) < 4.78 is 67.5. The van der Waals surface area contributed by atoms with Gasteiger partial charge in [-0.15, -0.1) is 0 Å². The fourth-order valence-corrected chi connectivity index (χ4v) is 1.49. The Morgan fingerprint density at radius 2 is 2.00 bits per heavy atom. The Kier molecular flexibility index (Phi) is 4.28. The van der Waals surface area contributed by atoms with Gasteiger partial charge in [0, 0.05) is 11.8 Å². The Morgan fingerprint density at radius 1 is 1.42 bits per heavy atom. The summed E-state index contributed by atoms with van der Waals surface area (Å²) in [5, 5.41) is 0. The quantitative estimate of drug-likeness (QED) is 0.683. The van der Waals surface area contributed by atoms with E-state index in [2.05, 4.69) is 4.74 Å². The number of H-pyrrole nitrogens is 1. The van der Waals surface area contributed by atoms with Crippen LogP contribution in [-0.2, 0) is 22.1 Å². The molecule has 1 heterocycles. The molecule has 0 atom stereocenters. The number of aromatic amines is 1. The van der Waals surface area contributed by atoms with E-state index < -0.39 is 47.2 Å². The smallest absolute Gasteiger partial charge is 0.422 e. The number of hydrogen-bond donors (Lipinski definition) is 1. The van der Waals surface area contributed by atoms with E-state index in [1.54, 1.807) is 4.98 Å². The summed E-state index contributed by atoms with van der Waals surface area (Å²) in [6.45, 7) is 0. The Labute approximate surface area is 103 Å². The van der Waals surface area contributed by atoms with E-state index in [0.717, 1.165) is 7.11 Å². The third-order valence-corrected chi connectivity index (χ3v) is 2.28. The van der Waals surface area contributed by atoms with E-state index in [4.69, 9.17) is 0 Å². The Hall–Kier alpha value is -1.93. The molecule has 0 aliphatic rings. The van der Waals surface area contributed by atoms with Crippen LogP contribution in [0.4, 0.5) is 22.0 Å². The zero-order valence-electron chi connectivity index (χ0n) is 9.48. The number of rotatable bonds is 3. The summed E-state index contributed by atoms with van der Waals surface area (Å²) in [6, 6.07) is 0. The highest BCUT2D eigenvalue weighted by Crippen LogP contribution is 2.35. The van der Waals surface area contributed by atoms with Crippen molar-refractivity contribution < 1.29 is 31.5 Å². The maximum absolute atomic E-state index is 12.7. The molecule has 0 amide bonds. The highest BCUT2D eigenvalue weighted by molar-refractivity contribution is 5.73. The van der Waals surface area contributed by atoms with E-state index >= 15 is 0 Å². The fraction of sp³-hybridized carbons (Fsp3) is 0.400. The number of hydrogen-bond acceptors (Lipinski definition) is 3. The first kappa shape index (κ1) is 15.1. The first-order chi connectivity index (χ1) is 8.68. The van der Waals surface area contributed by atoms with Gasteiger partial charge < -0.3 is 9.72 Å². The Morgan fingerprint density at radius 3 is 2.42 bits per heavy atom. The fourth-order valence-electron chi connectivity index (χ4n) is 1.49. The van der Waals surface area contributed by atoms with Crippen LogP contribution in [0.15, 0.2) is 11.0 Å². The van der Waals surface area contributed by atoms with Crippen LogP contribution in [0.2, 0.25) is 0 Å². The molecule has 1 aromatic heterocycles. The largest absolute Gasteiger partial charge is 0.469 e. The van der Waals surface area contributed by atoms with Crippen LogP contribution in [0.3, 0.4) is 0 Å². The van der Waals surface area contributed by atoms with E-state index in [-0.39, 0.29) is 0 Å². The van der Waals surface area contributed by atoms with Crippen LogP contribution in [0.25, 0.3) is 0 Å². The van der Waals surface area contributed by atoms with Crippen LogP contribution in [0, 0.1) is 0 Å². The number of halogens is 5. The number of methoxy groups -OCH3 is 1. The number of nitrogens with one attached hydrogen (secondary N) is 1. The summed E-state index contributed by atoms with van der Waals surface area (Å²) in [5.74, 6) is -0.998. The van der Waals surface area contributed by atoms with Crippen molar-refractivity contribution in [2.75, 3.05) is 7.11 Å². The van der Waals surface area contributed by atoms with Gasteiger partial charge in [0.05, 0.1) is 13.5 Å². The number of aromatic nitrogens is 1. The molecule has 0 radical (unpaired) electrons. The molecule has 9 heteroatoms. The van der Waals surface area contributed by atoms with Crippen molar-refractivity contribution in [3.8, 4) is 0 Å². The molecule has 19 heavy (non-hydrogen) atoms. The first-order valence-corrected chi connectivity index (χ1v) is 4.85. The zero-order valence-corrected chi connectivity index (χ0v) is 9.48. The predicted molar refractivity (Wildman–Crippen MR) is 52.7 cm³/mol. The van der Waals surface area contributed by atoms with Crippen LogP contribution in [0.1, 0.15) is 23.1 Å². The molecule has 0 fully saturated rings. The lowest BCUT2D eigenvalue weighted by molar-refractivity contribution is -0.142. The molecular weight excluding hydrogens is 277 g/mol. The summed E-state index contributed by atoms with van der Waals surface area (Å²) >= 11 is 0. The van der Waals surface area contributed by atoms with E-state index in [9.17, 15) is 31.5 Å². The lowest BCUT2D eigenvalue weighted by atomic mass is 10.0. The molecule has 1 aromatic rings. The van der Waals surface area contributed by atoms with Gasteiger partial charge in [-0.1, -0.05) is 0 Å². The van der Waals surface area contributed by atoms with Gasteiger partial charge in [0.1, 0.15) is 5.56 Å². The molecule has 1 rings (SSSR count). The molecular formula is C10H8F5NO3. The number of alkyl halides is 5. The minimum absolute atomic E-state index is 0.631. The number of esters is 1. The Bertz CT molecular complexity index is 535. The van der Waals surface area contributed by atoms with Crippen molar-refractivity contribution in [2.45, 2.75) is 19.0 Å². The molecule has 0 aromatic carbocycles. The molecule has 0 unspecified atom stereocenters.